The number of halogens is 1. The van der Waals surface area contributed by atoms with E-state index >= 15 is 0 Å². The van der Waals surface area contributed by atoms with Gasteiger partial charge in [-0.3, -0.25) is 4.39 Å². The van der Waals surface area contributed by atoms with E-state index in [4.69, 9.17) is 0 Å². The van der Waals surface area contributed by atoms with E-state index in [1.165, 1.54) is 77.0 Å². The van der Waals surface area contributed by atoms with Crippen molar-refractivity contribution in [3.8, 4) is 0 Å². The van der Waals surface area contributed by atoms with Crippen LogP contribution in [-0.2, 0) is 0 Å². The molecule has 0 spiro atoms. The van der Waals surface area contributed by atoms with E-state index in [1.807, 2.05) is 0 Å². The summed E-state index contributed by atoms with van der Waals surface area (Å²) in [7, 11) is 0. The van der Waals surface area contributed by atoms with Gasteiger partial charge >= 0.3 is 0 Å². The van der Waals surface area contributed by atoms with Crippen LogP contribution in [0, 0.1) is 5.41 Å². The van der Waals surface area contributed by atoms with Crippen LogP contribution in [-0.4, -0.2) is 6.67 Å². The number of rotatable bonds is 14. The maximum atomic E-state index is 12.7. The van der Waals surface area contributed by atoms with Gasteiger partial charge in [-0.05, 0) is 24.7 Å². The van der Waals surface area contributed by atoms with Crippen LogP contribution < -0.4 is 0 Å². The summed E-state index contributed by atoms with van der Waals surface area (Å²) in [5, 5.41) is 0. The zero-order valence-electron chi connectivity index (χ0n) is 13.8. The van der Waals surface area contributed by atoms with Crippen molar-refractivity contribution in [3.63, 3.8) is 0 Å². The van der Waals surface area contributed by atoms with Crippen LogP contribution >= 0.6 is 0 Å². The molecular formula is C18H37F. The molecule has 0 aromatic carbocycles. The van der Waals surface area contributed by atoms with Crippen LogP contribution in [0.15, 0.2) is 0 Å². The molecule has 0 aromatic rings. The molecule has 0 fully saturated rings. The molecule has 0 radical (unpaired) electrons. The topological polar surface area (TPSA) is 0 Å². The van der Waals surface area contributed by atoms with Crippen LogP contribution in [0.5, 0.6) is 0 Å². The second-order valence-electron chi connectivity index (χ2n) is 6.58. The molecule has 0 N–H and O–H groups in total. The average molecular weight is 272 g/mol. The summed E-state index contributed by atoms with van der Waals surface area (Å²) in [6.45, 7) is 6.68. The smallest absolute Gasteiger partial charge is 0.0899 e. The summed E-state index contributed by atoms with van der Waals surface area (Å²) in [5.41, 5.74) is 0.271. The summed E-state index contributed by atoms with van der Waals surface area (Å²) in [4.78, 5) is 0. The summed E-state index contributed by atoms with van der Waals surface area (Å²) in [5.74, 6) is 0. The Morgan fingerprint density at radius 3 is 1.42 bits per heavy atom. The van der Waals surface area contributed by atoms with Crippen molar-refractivity contribution in [2.75, 3.05) is 6.67 Å². The van der Waals surface area contributed by atoms with Gasteiger partial charge in [-0.2, -0.15) is 0 Å². The van der Waals surface area contributed by atoms with E-state index in [2.05, 4.69) is 20.8 Å². The van der Waals surface area contributed by atoms with Crippen molar-refractivity contribution >= 4 is 0 Å². The number of hydrogen-bond acceptors (Lipinski definition) is 0. The molecule has 0 heterocycles. The average Bonchev–Trinajstić information content (AvgIpc) is 2.39. The molecule has 0 bridgehead atoms. The summed E-state index contributed by atoms with van der Waals surface area (Å²) in [6.07, 6.45) is 16.6. The van der Waals surface area contributed by atoms with E-state index in [0.29, 0.717) is 0 Å². The summed E-state index contributed by atoms with van der Waals surface area (Å²) < 4.78 is 12.7. The first-order chi connectivity index (χ1) is 9.18. The van der Waals surface area contributed by atoms with Gasteiger partial charge in [-0.1, -0.05) is 85.0 Å². The highest BCUT2D eigenvalue weighted by molar-refractivity contribution is 4.74. The zero-order chi connectivity index (χ0) is 14.4. The van der Waals surface area contributed by atoms with Crippen molar-refractivity contribution in [2.24, 2.45) is 5.41 Å². The number of alkyl halides is 1. The van der Waals surface area contributed by atoms with Gasteiger partial charge in [-0.15, -0.1) is 0 Å². The molecule has 0 saturated heterocycles. The highest BCUT2D eigenvalue weighted by Gasteiger charge is 2.22. The lowest BCUT2D eigenvalue weighted by molar-refractivity contribution is 0.208. The van der Waals surface area contributed by atoms with E-state index < -0.39 is 0 Å². The molecular weight excluding hydrogens is 235 g/mol. The van der Waals surface area contributed by atoms with Crippen LogP contribution in [0.25, 0.3) is 0 Å². The van der Waals surface area contributed by atoms with Gasteiger partial charge < -0.3 is 0 Å². The van der Waals surface area contributed by atoms with E-state index in [-0.39, 0.29) is 12.1 Å². The lowest BCUT2D eigenvalue weighted by atomic mass is 9.77. The Labute approximate surface area is 121 Å². The monoisotopic (exact) mass is 272 g/mol. The Hall–Kier alpha value is -0.0700. The van der Waals surface area contributed by atoms with Crippen LogP contribution in [0.3, 0.4) is 0 Å². The predicted molar refractivity (Wildman–Crippen MR) is 85.5 cm³/mol. The molecule has 0 aliphatic carbocycles. The fraction of sp³-hybridized carbons (Fsp3) is 1.00. The Morgan fingerprint density at radius 1 is 0.632 bits per heavy atom. The first kappa shape index (κ1) is 18.9. The highest BCUT2D eigenvalue weighted by Crippen LogP contribution is 2.35. The first-order valence-electron chi connectivity index (χ1n) is 8.74. The first-order valence-corrected chi connectivity index (χ1v) is 8.74. The van der Waals surface area contributed by atoms with Gasteiger partial charge in [0.1, 0.15) is 0 Å². The Bertz CT molecular complexity index is 163. The predicted octanol–water partition coefficient (Wildman–Crippen LogP) is 7.07. The van der Waals surface area contributed by atoms with Crippen LogP contribution in [0.1, 0.15) is 104 Å². The van der Waals surface area contributed by atoms with Gasteiger partial charge in [0.15, 0.2) is 0 Å². The van der Waals surface area contributed by atoms with Gasteiger partial charge in [0.25, 0.3) is 0 Å². The largest absolute Gasteiger partial charge is 0.251 e. The molecule has 0 nitrogen and oxygen atoms in total. The fourth-order valence-corrected chi connectivity index (χ4v) is 2.91. The van der Waals surface area contributed by atoms with Gasteiger partial charge in [0, 0.05) is 0 Å². The van der Waals surface area contributed by atoms with Crippen molar-refractivity contribution in [1.82, 2.24) is 0 Å². The Balaban J connectivity index is 3.76. The molecule has 0 aliphatic heterocycles. The minimum absolute atomic E-state index is 0.138. The minimum Gasteiger partial charge on any atom is -0.251 e. The maximum Gasteiger partial charge on any atom is 0.0899 e. The molecule has 0 aromatic heterocycles. The van der Waals surface area contributed by atoms with Crippen LogP contribution in [0.2, 0.25) is 0 Å². The molecule has 0 amide bonds. The van der Waals surface area contributed by atoms with Gasteiger partial charge in [-0.25, -0.2) is 0 Å². The van der Waals surface area contributed by atoms with Crippen molar-refractivity contribution in [2.45, 2.75) is 104 Å². The van der Waals surface area contributed by atoms with Gasteiger partial charge in [0.05, 0.1) is 6.67 Å². The van der Waals surface area contributed by atoms with E-state index in [0.717, 1.165) is 6.42 Å². The SMILES string of the molecule is CCCCCCCC(C)(CCF)CCCCCCC. The maximum absolute atomic E-state index is 12.7. The third-order valence-corrected chi connectivity index (χ3v) is 4.47. The van der Waals surface area contributed by atoms with Crippen molar-refractivity contribution in [3.05, 3.63) is 0 Å². The molecule has 0 unspecified atom stereocenters. The van der Waals surface area contributed by atoms with Crippen molar-refractivity contribution in [1.29, 1.82) is 0 Å². The second-order valence-corrected chi connectivity index (χ2v) is 6.58. The number of unbranched alkanes of at least 4 members (excludes halogenated alkanes) is 8. The molecule has 0 aliphatic rings. The standard InChI is InChI=1S/C18H37F/c1-4-6-8-10-12-14-18(3,16-17-19)15-13-11-9-7-5-2/h4-17H2,1-3H3. The lowest BCUT2D eigenvalue weighted by Crippen LogP contribution is -2.17. The fourth-order valence-electron chi connectivity index (χ4n) is 2.91. The molecule has 0 atom stereocenters. The molecule has 116 valence electrons. The zero-order valence-corrected chi connectivity index (χ0v) is 13.8. The summed E-state index contributed by atoms with van der Waals surface area (Å²) in [6, 6.07) is 0. The normalized spacial score (nSPS) is 12.0. The Kier molecular flexibility index (Phi) is 12.9. The van der Waals surface area contributed by atoms with E-state index in [1.54, 1.807) is 0 Å². The lowest BCUT2D eigenvalue weighted by Gasteiger charge is -2.29. The second kappa shape index (κ2) is 12.9. The van der Waals surface area contributed by atoms with Gasteiger partial charge in [0.2, 0.25) is 0 Å². The van der Waals surface area contributed by atoms with Crippen molar-refractivity contribution < 1.29 is 4.39 Å². The quantitative estimate of drug-likeness (QED) is 0.296. The molecule has 19 heavy (non-hydrogen) atoms. The number of hydrogen-bond donors (Lipinski definition) is 0. The molecule has 1 heteroatoms. The summed E-state index contributed by atoms with van der Waals surface area (Å²) >= 11 is 0. The molecule has 0 saturated carbocycles. The minimum atomic E-state index is -0.138. The Morgan fingerprint density at radius 2 is 1.05 bits per heavy atom. The third-order valence-electron chi connectivity index (χ3n) is 4.47. The molecule has 0 rings (SSSR count). The third kappa shape index (κ3) is 11.5. The van der Waals surface area contributed by atoms with E-state index in [9.17, 15) is 4.39 Å². The highest BCUT2D eigenvalue weighted by atomic mass is 19.1. The van der Waals surface area contributed by atoms with Crippen LogP contribution in [0.4, 0.5) is 4.39 Å².